The van der Waals surface area contributed by atoms with Gasteiger partial charge in [0.05, 0.1) is 0 Å². The lowest BCUT2D eigenvalue weighted by atomic mass is 10.0. The minimum absolute atomic E-state index is 0.620. The Morgan fingerprint density at radius 1 is 0.900 bits per heavy atom. The van der Waals surface area contributed by atoms with Gasteiger partial charge in [-0.3, -0.25) is 0 Å². The van der Waals surface area contributed by atoms with Crippen molar-refractivity contribution in [2.24, 2.45) is 0 Å². The van der Waals surface area contributed by atoms with Crippen LogP contribution >= 0.6 is 0 Å². The summed E-state index contributed by atoms with van der Waals surface area (Å²) in [7, 11) is 4.04. The van der Waals surface area contributed by atoms with Gasteiger partial charge in [0.25, 0.3) is 0 Å². The molecule has 0 radical (unpaired) electrons. The predicted molar refractivity (Wildman–Crippen MR) is 46.3 cm³/mol. The van der Waals surface area contributed by atoms with E-state index in [2.05, 4.69) is 24.5 Å². The molecule has 0 aliphatic heterocycles. The molecular weight excluding hydrogens is 124 g/mol. The summed E-state index contributed by atoms with van der Waals surface area (Å²) in [5.41, 5.74) is 0. The lowest BCUT2D eigenvalue weighted by Crippen LogP contribution is -2.44. The Hall–Kier alpha value is -0.0800. The zero-order valence-electron chi connectivity index (χ0n) is 7.57. The quantitative estimate of drug-likeness (QED) is 0.601. The van der Waals surface area contributed by atoms with E-state index in [1.165, 1.54) is 12.8 Å². The molecule has 2 atom stereocenters. The Labute approximate surface area is 64.4 Å². The van der Waals surface area contributed by atoms with Crippen LogP contribution in [0.15, 0.2) is 0 Å². The van der Waals surface area contributed by atoms with Crippen molar-refractivity contribution >= 4 is 0 Å². The predicted octanol–water partition coefficient (Wildman–Crippen LogP) is 0.982. The van der Waals surface area contributed by atoms with Crippen LogP contribution in [0.5, 0.6) is 0 Å². The molecule has 0 aromatic rings. The van der Waals surface area contributed by atoms with E-state index in [0.717, 1.165) is 0 Å². The van der Waals surface area contributed by atoms with E-state index in [1.807, 2.05) is 14.1 Å². The van der Waals surface area contributed by atoms with Crippen molar-refractivity contribution < 1.29 is 0 Å². The number of hydrogen-bond acceptors (Lipinski definition) is 2. The first-order valence-electron chi connectivity index (χ1n) is 4.14. The lowest BCUT2D eigenvalue weighted by Gasteiger charge is -2.23. The molecule has 0 heterocycles. The Kier molecular flexibility index (Phi) is 5.64. The van der Waals surface area contributed by atoms with Gasteiger partial charge in [-0.05, 0) is 26.9 Å². The van der Waals surface area contributed by atoms with Crippen LogP contribution in [0.3, 0.4) is 0 Å². The summed E-state index contributed by atoms with van der Waals surface area (Å²) < 4.78 is 0. The Bertz CT molecular complexity index is 55.7. The molecule has 0 spiro atoms. The van der Waals surface area contributed by atoms with Gasteiger partial charge in [-0.2, -0.15) is 0 Å². The van der Waals surface area contributed by atoms with Crippen LogP contribution in [0.25, 0.3) is 0 Å². The van der Waals surface area contributed by atoms with Crippen molar-refractivity contribution in [2.45, 2.75) is 38.8 Å². The SMILES string of the molecule is CC[C@@H](NC)[C@@H](CC)NC. The van der Waals surface area contributed by atoms with Crippen LogP contribution in [0.4, 0.5) is 0 Å². The van der Waals surface area contributed by atoms with Gasteiger partial charge in [0.15, 0.2) is 0 Å². The monoisotopic (exact) mass is 144 g/mol. The zero-order valence-corrected chi connectivity index (χ0v) is 7.57. The Balaban J connectivity index is 3.70. The van der Waals surface area contributed by atoms with Crippen LogP contribution in [0.1, 0.15) is 26.7 Å². The fourth-order valence-electron chi connectivity index (χ4n) is 1.38. The second-order valence-corrected chi connectivity index (χ2v) is 2.61. The van der Waals surface area contributed by atoms with Gasteiger partial charge in [-0.15, -0.1) is 0 Å². The molecule has 0 aromatic heterocycles. The van der Waals surface area contributed by atoms with Gasteiger partial charge in [0.2, 0.25) is 0 Å². The first kappa shape index (κ1) is 9.92. The van der Waals surface area contributed by atoms with Crippen LogP contribution < -0.4 is 10.6 Å². The van der Waals surface area contributed by atoms with Gasteiger partial charge in [0.1, 0.15) is 0 Å². The smallest absolute Gasteiger partial charge is 0.0215 e. The van der Waals surface area contributed by atoms with Gasteiger partial charge in [0, 0.05) is 12.1 Å². The van der Waals surface area contributed by atoms with Crippen LogP contribution in [-0.4, -0.2) is 26.2 Å². The summed E-state index contributed by atoms with van der Waals surface area (Å²) >= 11 is 0. The lowest BCUT2D eigenvalue weighted by molar-refractivity contribution is 0.389. The largest absolute Gasteiger partial charge is 0.315 e. The minimum atomic E-state index is 0.620. The molecule has 0 amide bonds. The van der Waals surface area contributed by atoms with Crippen molar-refractivity contribution in [3.05, 3.63) is 0 Å². The normalized spacial score (nSPS) is 16.8. The van der Waals surface area contributed by atoms with E-state index in [0.29, 0.717) is 12.1 Å². The Morgan fingerprint density at radius 3 is 1.30 bits per heavy atom. The van der Waals surface area contributed by atoms with E-state index in [1.54, 1.807) is 0 Å². The molecule has 10 heavy (non-hydrogen) atoms. The van der Waals surface area contributed by atoms with Crippen molar-refractivity contribution in [3.8, 4) is 0 Å². The van der Waals surface area contributed by atoms with Crippen LogP contribution in [0, 0.1) is 0 Å². The molecule has 2 nitrogen and oxygen atoms in total. The molecule has 0 aliphatic carbocycles. The average molecular weight is 144 g/mol. The summed E-state index contributed by atoms with van der Waals surface area (Å²) in [6.07, 6.45) is 2.38. The second kappa shape index (κ2) is 5.69. The topological polar surface area (TPSA) is 24.1 Å². The van der Waals surface area contributed by atoms with E-state index in [-0.39, 0.29) is 0 Å². The number of nitrogens with one attached hydrogen (secondary N) is 2. The third-order valence-corrected chi connectivity index (χ3v) is 2.11. The van der Waals surface area contributed by atoms with E-state index >= 15 is 0 Å². The highest BCUT2D eigenvalue weighted by Gasteiger charge is 2.12. The maximum atomic E-state index is 3.29. The van der Waals surface area contributed by atoms with Gasteiger partial charge in [-0.25, -0.2) is 0 Å². The highest BCUT2D eigenvalue weighted by molar-refractivity contribution is 4.77. The van der Waals surface area contributed by atoms with Crippen molar-refractivity contribution in [2.75, 3.05) is 14.1 Å². The number of rotatable bonds is 5. The van der Waals surface area contributed by atoms with Crippen molar-refractivity contribution in [3.63, 3.8) is 0 Å². The molecule has 0 aromatic carbocycles. The van der Waals surface area contributed by atoms with Crippen molar-refractivity contribution in [1.82, 2.24) is 10.6 Å². The first-order valence-corrected chi connectivity index (χ1v) is 4.14. The maximum Gasteiger partial charge on any atom is 0.0215 e. The number of hydrogen-bond donors (Lipinski definition) is 2. The van der Waals surface area contributed by atoms with E-state index in [9.17, 15) is 0 Å². The van der Waals surface area contributed by atoms with Crippen LogP contribution in [0.2, 0.25) is 0 Å². The number of likely N-dealkylation sites (N-methyl/N-ethyl adjacent to an activating group) is 2. The van der Waals surface area contributed by atoms with Gasteiger partial charge >= 0.3 is 0 Å². The summed E-state index contributed by atoms with van der Waals surface area (Å²) in [6.45, 7) is 4.42. The third kappa shape index (κ3) is 2.67. The fourth-order valence-corrected chi connectivity index (χ4v) is 1.38. The molecule has 0 saturated carbocycles. The summed E-state index contributed by atoms with van der Waals surface area (Å²) in [6, 6.07) is 1.24. The molecule has 62 valence electrons. The highest BCUT2D eigenvalue weighted by atomic mass is 15.0. The zero-order chi connectivity index (χ0) is 7.98. The minimum Gasteiger partial charge on any atom is -0.315 e. The summed E-state index contributed by atoms with van der Waals surface area (Å²) in [5, 5.41) is 6.58. The summed E-state index contributed by atoms with van der Waals surface area (Å²) in [5.74, 6) is 0. The molecule has 0 unspecified atom stereocenters. The molecule has 2 N–H and O–H groups in total. The molecule has 0 aliphatic rings. The molecular formula is C8H20N2. The van der Waals surface area contributed by atoms with Gasteiger partial charge in [-0.1, -0.05) is 13.8 Å². The molecule has 2 heteroatoms. The fraction of sp³-hybridized carbons (Fsp3) is 1.00. The standard InChI is InChI=1S/C8H20N2/c1-5-7(9-3)8(6-2)10-4/h7-10H,5-6H2,1-4H3/t7-,8-/m1/s1. The highest BCUT2D eigenvalue weighted by Crippen LogP contribution is 2.00. The first-order chi connectivity index (χ1) is 4.79. The van der Waals surface area contributed by atoms with Crippen molar-refractivity contribution in [1.29, 1.82) is 0 Å². The molecule has 0 saturated heterocycles. The Morgan fingerprint density at radius 2 is 1.20 bits per heavy atom. The third-order valence-electron chi connectivity index (χ3n) is 2.11. The van der Waals surface area contributed by atoms with E-state index in [4.69, 9.17) is 0 Å². The average Bonchev–Trinajstić information content (AvgIpc) is 2.00. The summed E-state index contributed by atoms with van der Waals surface area (Å²) in [4.78, 5) is 0. The van der Waals surface area contributed by atoms with Gasteiger partial charge < -0.3 is 10.6 Å². The molecule has 0 bridgehead atoms. The molecule has 0 fully saturated rings. The second-order valence-electron chi connectivity index (χ2n) is 2.61. The van der Waals surface area contributed by atoms with Crippen LogP contribution in [-0.2, 0) is 0 Å². The van der Waals surface area contributed by atoms with E-state index < -0.39 is 0 Å². The maximum absolute atomic E-state index is 3.29. The molecule has 0 rings (SSSR count).